The van der Waals surface area contributed by atoms with Crippen molar-refractivity contribution in [3.05, 3.63) is 30.1 Å². The second-order valence-corrected chi connectivity index (χ2v) is 5.96. The molecule has 0 aliphatic rings. The van der Waals surface area contributed by atoms with Crippen molar-refractivity contribution < 1.29 is 17.6 Å². The number of carbonyl (C=O) groups is 1. The first-order valence-corrected chi connectivity index (χ1v) is 7.00. The van der Waals surface area contributed by atoms with Gasteiger partial charge in [0.2, 0.25) is 5.91 Å². The lowest BCUT2D eigenvalue weighted by molar-refractivity contribution is -0.121. The molecular weight excluding hydrogens is 295 g/mol. The van der Waals surface area contributed by atoms with E-state index in [1.54, 1.807) is 0 Å². The molecule has 1 atom stereocenters. The molecule has 0 unspecified atom stereocenters. The molecule has 0 aromatic heterocycles. The molecule has 0 aliphatic heterocycles. The average Bonchev–Trinajstić information content (AvgIpc) is 2.29. The van der Waals surface area contributed by atoms with Crippen molar-refractivity contribution in [3.63, 3.8) is 0 Å². The van der Waals surface area contributed by atoms with E-state index in [0.29, 0.717) is 0 Å². The number of nitrogens with one attached hydrogen (secondary N) is 1. The third kappa shape index (κ3) is 5.54. The van der Waals surface area contributed by atoms with E-state index < -0.39 is 27.6 Å². The first-order valence-electron chi connectivity index (χ1n) is 5.34. The van der Waals surface area contributed by atoms with E-state index in [4.69, 9.17) is 5.73 Å². The van der Waals surface area contributed by atoms with E-state index >= 15 is 0 Å². The summed E-state index contributed by atoms with van der Waals surface area (Å²) in [5.74, 6) is -1.17. The zero-order valence-electron chi connectivity index (χ0n) is 10.3. The first-order chi connectivity index (χ1) is 8.33. The van der Waals surface area contributed by atoms with Gasteiger partial charge in [0, 0.05) is 6.54 Å². The molecule has 5 nitrogen and oxygen atoms in total. The highest BCUT2D eigenvalue weighted by Gasteiger charge is 2.15. The van der Waals surface area contributed by atoms with Gasteiger partial charge >= 0.3 is 0 Å². The largest absolute Gasteiger partial charge is 0.354 e. The second-order valence-electron chi connectivity index (χ2n) is 3.85. The van der Waals surface area contributed by atoms with Crippen molar-refractivity contribution >= 4 is 28.2 Å². The van der Waals surface area contributed by atoms with Gasteiger partial charge in [-0.2, -0.15) is 0 Å². The molecule has 0 saturated heterocycles. The van der Waals surface area contributed by atoms with Crippen LogP contribution >= 0.6 is 12.4 Å². The normalized spacial score (nSPS) is 12.4. The molecule has 0 saturated carbocycles. The van der Waals surface area contributed by atoms with Crippen LogP contribution in [0.1, 0.15) is 6.92 Å². The third-order valence-corrected chi connectivity index (χ3v) is 3.99. The summed E-state index contributed by atoms with van der Waals surface area (Å²) in [6.45, 7) is 1.48. The van der Waals surface area contributed by atoms with Crippen molar-refractivity contribution in [2.24, 2.45) is 5.73 Å². The smallest absolute Gasteiger partial charge is 0.236 e. The Morgan fingerprint density at radius 3 is 2.37 bits per heavy atom. The molecule has 1 aromatic carbocycles. The van der Waals surface area contributed by atoms with Gasteiger partial charge in [0.1, 0.15) is 5.82 Å². The van der Waals surface area contributed by atoms with Gasteiger partial charge in [0.15, 0.2) is 9.84 Å². The molecule has 19 heavy (non-hydrogen) atoms. The van der Waals surface area contributed by atoms with Crippen molar-refractivity contribution in [3.8, 4) is 0 Å². The zero-order valence-corrected chi connectivity index (χ0v) is 11.9. The topological polar surface area (TPSA) is 89.3 Å². The highest BCUT2D eigenvalue weighted by Crippen LogP contribution is 2.11. The Hall–Kier alpha value is -1.18. The lowest BCUT2D eigenvalue weighted by atomic mass is 10.3. The van der Waals surface area contributed by atoms with Crippen LogP contribution in [0, 0.1) is 5.82 Å². The van der Waals surface area contributed by atoms with Gasteiger partial charge in [0.25, 0.3) is 0 Å². The highest BCUT2D eigenvalue weighted by atomic mass is 35.5. The fraction of sp³-hybridized carbons (Fsp3) is 0.364. The van der Waals surface area contributed by atoms with Crippen molar-refractivity contribution in [2.45, 2.75) is 17.9 Å². The summed E-state index contributed by atoms with van der Waals surface area (Å²) in [6, 6.07) is 3.86. The Balaban J connectivity index is 0.00000324. The standard InChI is InChI=1S/C11H15FN2O3S.ClH/c1-8(13)11(15)14-6-7-18(16,17)10-4-2-9(12)3-5-10;/h2-5,8H,6-7,13H2,1H3,(H,14,15);1H/t8-;/m1./s1. The molecule has 1 aromatic rings. The second kappa shape index (κ2) is 7.42. The van der Waals surface area contributed by atoms with Crippen molar-refractivity contribution in [1.82, 2.24) is 5.32 Å². The van der Waals surface area contributed by atoms with Crippen LogP contribution in [0.3, 0.4) is 0 Å². The molecule has 1 rings (SSSR count). The number of nitrogens with two attached hydrogens (primary N) is 1. The van der Waals surface area contributed by atoms with E-state index in [-0.39, 0.29) is 29.6 Å². The molecule has 0 heterocycles. The minimum absolute atomic E-state index is 0. The molecule has 108 valence electrons. The predicted molar refractivity (Wildman–Crippen MR) is 72.4 cm³/mol. The summed E-state index contributed by atoms with van der Waals surface area (Å²) in [7, 11) is -3.52. The van der Waals surface area contributed by atoms with Gasteiger partial charge in [-0.1, -0.05) is 0 Å². The van der Waals surface area contributed by atoms with Crippen molar-refractivity contribution in [1.29, 1.82) is 0 Å². The van der Waals surface area contributed by atoms with Crippen LogP contribution in [-0.2, 0) is 14.6 Å². The molecule has 8 heteroatoms. The van der Waals surface area contributed by atoms with Crippen molar-refractivity contribution in [2.75, 3.05) is 12.3 Å². The Bertz CT molecular complexity index is 517. The maximum Gasteiger partial charge on any atom is 0.236 e. The van der Waals surface area contributed by atoms with E-state index in [1.807, 2.05) is 0 Å². The van der Waals surface area contributed by atoms with E-state index in [1.165, 1.54) is 19.1 Å². The predicted octanol–water partition coefficient (Wildman–Crippen LogP) is 0.485. The number of benzene rings is 1. The quantitative estimate of drug-likeness (QED) is 0.774. The van der Waals surface area contributed by atoms with Gasteiger partial charge in [0.05, 0.1) is 16.7 Å². The maximum absolute atomic E-state index is 12.7. The first kappa shape index (κ1) is 17.8. The summed E-state index contributed by atoms with van der Waals surface area (Å²) < 4.78 is 36.2. The monoisotopic (exact) mass is 310 g/mol. The number of rotatable bonds is 5. The molecule has 1 amide bonds. The van der Waals surface area contributed by atoms with Crippen LogP contribution < -0.4 is 11.1 Å². The molecule has 0 radical (unpaired) electrons. The van der Waals surface area contributed by atoms with Crippen LogP contribution in [0.4, 0.5) is 4.39 Å². The van der Waals surface area contributed by atoms with E-state index in [9.17, 15) is 17.6 Å². The molecule has 3 N–H and O–H groups in total. The summed E-state index contributed by atoms with van der Waals surface area (Å²) in [4.78, 5) is 11.2. The van der Waals surface area contributed by atoms with Gasteiger partial charge < -0.3 is 11.1 Å². The fourth-order valence-electron chi connectivity index (χ4n) is 1.23. The lowest BCUT2D eigenvalue weighted by Gasteiger charge is -2.08. The van der Waals surface area contributed by atoms with Crippen LogP contribution in [0.2, 0.25) is 0 Å². The van der Waals surface area contributed by atoms with Crippen LogP contribution in [0.5, 0.6) is 0 Å². The Kier molecular flexibility index (Phi) is 6.96. The number of halogens is 2. The molecule has 0 spiro atoms. The van der Waals surface area contributed by atoms with Gasteiger partial charge in [-0.05, 0) is 31.2 Å². The maximum atomic E-state index is 12.7. The summed E-state index contributed by atoms with van der Waals surface area (Å²) in [6.07, 6.45) is 0. The van der Waals surface area contributed by atoms with Crippen LogP contribution in [-0.4, -0.2) is 32.7 Å². The number of carbonyl (C=O) groups excluding carboxylic acids is 1. The molecule has 0 fully saturated rings. The van der Waals surface area contributed by atoms with Crippen LogP contribution in [0.15, 0.2) is 29.2 Å². The summed E-state index contributed by atoms with van der Waals surface area (Å²) in [5, 5.41) is 2.40. The lowest BCUT2D eigenvalue weighted by Crippen LogP contribution is -2.40. The number of sulfone groups is 1. The average molecular weight is 311 g/mol. The summed E-state index contributed by atoms with van der Waals surface area (Å²) >= 11 is 0. The van der Waals surface area contributed by atoms with Gasteiger partial charge in [-0.25, -0.2) is 12.8 Å². The number of hydrogen-bond acceptors (Lipinski definition) is 4. The Morgan fingerprint density at radius 1 is 1.37 bits per heavy atom. The van der Waals surface area contributed by atoms with Gasteiger partial charge in [-0.15, -0.1) is 12.4 Å². The molecule has 0 bridgehead atoms. The van der Waals surface area contributed by atoms with E-state index in [0.717, 1.165) is 12.1 Å². The highest BCUT2D eigenvalue weighted by molar-refractivity contribution is 7.91. The Morgan fingerprint density at radius 2 is 1.89 bits per heavy atom. The molecular formula is C11H16ClFN2O3S. The number of hydrogen-bond donors (Lipinski definition) is 2. The Labute approximate surface area is 117 Å². The zero-order chi connectivity index (χ0) is 13.8. The van der Waals surface area contributed by atoms with Gasteiger partial charge in [-0.3, -0.25) is 4.79 Å². The number of amides is 1. The minimum atomic E-state index is -3.52. The SMILES string of the molecule is C[C@@H](N)C(=O)NCCS(=O)(=O)c1ccc(F)cc1.Cl. The van der Waals surface area contributed by atoms with E-state index in [2.05, 4.69) is 5.32 Å². The minimum Gasteiger partial charge on any atom is -0.354 e. The fourth-order valence-corrected chi connectivity index (χ4v) is 2.39. The third-order valence-electron chi connectivity index (χ3n) is 2.26. The summed E-state index contributed by atoms with van der Waals surface area (Å²) in [5.41, 5.74) is 5.31. The molecule has 0 aliphatic carbocycles. The van der Waals surface area contributed by atoms with Crippen LogP contribution in [0.25, 0.3) is 0 Å².